The molecule has 5 rings (SSSR count). The lowest BCUT2D eigenvalue weighted by molar-refractivity contribution is 0.0151. The van der Waals surface area contributed by atoms with Crippen LogP contribution in [-0.2, 0) is 4.74 Å². The molecule has 3 aliphatic rings. The molecule has 1 aromatic carbocycles. The van der Waals surface area contributed by atoms with Gasteiger partial charge in [-0.05, 0) is 37.4 Å². The topological polar surface area (TPSA) is 63.7 Å². The first kappa shape index (κ1) is 17.3. The molecule has 1 atom stereocenters. The summed E-state index contributed by atoms with van der Waals surface area (Å²) in [5.74, 6) is 1.62. The van der Waals surface area contributed by atoms with Gasteiger partial charge in [-0.3, -0.25) is 5.32 Å². The van der Waals surface area contributed by atoms with Crippen molar-refractivity contribution in [1.82, 2.24) is 9.88 Å². The number of benzene rings is 1. The molecule has 0 aliphatic carbocycles. The van der Waals surface area contributed by atoms with Crippen LogP contribution in [0.1, 0.15) is 12.8 Å². The molecule has 26 heavy (non-hydrogen) atoms. The highest BCUT2D eigenvalue weighted by molar-refractivity contribution is 7.17. The van der Waals surface area contributed by atoms with E-state index in [4.69, 9.17) is 9.47 Å². The summed E-state index contributed by atoms with van der Waals surface area (Å²) in [4.78, 5) is 20.0. The molecule has 1 N–H and O–H groups in total. The lowest BCUT2D eigenvalue weighted by Crippen LogP contribution is -2.49. The number of carbonyl (C=O) groups is 1. The van der Waals surface area contributed by atoms with Crippen LogP contribution in [0.5, 0.6) is 5.19 Å². The van der Waals surface area contributed by atoms with Gasteiger partial charge in [-0.2, -0.15) is 4.98 Å². The van der Waals surface area contributed by atoms with Gasteiger partial charge in [0.2, 0.25) is 0 Å². The van der Waals surface area contributed by atoms with Gasteiger partial charge in [-0.1, -0.05) is 41.7 Å². The highest BCUT2D eigenvalue weighted by atomic mass is 32.1. The van der Waals surface area contributed by atoms with Gasteiger partial charge in [0.15, 0.2) is 5.82 Å². The predicted molar refractivity (Wildman–Crippen MR) is 102 cm³/mol. The Morgan fingerprint density at radius 1 is 1.31 bits per heavy atom. The van der Waals surface area contributed by atoms with Gasteiger partial charge >= 0.3 is 6.09 Å². The maximum atomic E-state index is 12.3. The number of amides is 1. The summed E-state index contributed by atoms with van der Waals surface area (Å²) in [6.07, 6.45) is 1.99. The second-order valence-corrected chi connectivity index (χ2v) is 7.81. The summed E-state index contributed by atoms with van der Waals surface area (Å²) in [5.41, 5.74) is 0.987. The number of carbonyl (C=O) groups excluding carboxylic acids is 1. The Balaban J connectivity index is 1.40. The maximum absolute atomic E-state index is 12.3. The number of rotatable bonds is 5. The number of fused-ring (bicyclic) bond motifs is 3. The zero-order valence-corrected chi connectivity index (χ0v) is 15.6. The quantitative estimate of drug-likeness (QED) is 0.866. The number of ether oxygens (including phenoxy) is 2. The minimum Gasteiger partial charge on any atom is -0.473 e. The van der Waals surface area contributed by atoms with Crippen molar-refractivity contribution >= 4 is 23.2 Å². The summed E-state index contributed by atoms with van der Waals surface area (Å²) in [7, 11) is 1.57. The highest BCUT2D eigenvalue weighted by Gasteiger charge is 2.34. The first-order valence-electron chi connectivity index (χ1n) is 8.99. The van der Waals surface area contributed by atoms with Crippen molar-refractivity contribution in [2.24, 2.45) is 11.8 Å². The molecule has 7 heteroatoms. The third-order valence-corrected chi connectivity index (χ3v) is 6.32. The molecule has 2 aromatic rings. The highest BCUT2D eigenvalue weighted by Crippen LogP contribution is 2.38. The van der Waals surface area contributed by atoms with Crippen LogP contribution in [0.3, 0.4) is 0 Å². The van der Waals surface area contributed by atoms with Gasteiger partial charge in [0.1, 0.15) is 0 Å². The molecule has 0 spiro atoms. The van der Waals surface area contributed by atoms with Crippen molar-refractivity contribution in [3.05, 3.63) is 30.3 Å². The Bertz CT molecular complexity index is 757. The molecule has 6 nitrogen and oxygen atoms in total. The summed E-state index contributed by atoms with van der Waals surface area (Å²) >= 11 is 1.40. The molecule has 138 valence electrons. The minimum absolute atomic E-state index is 0.446. The normalized spacial score (nSPS) is 24.3. The van der Waals surface area contributed by atoms with E-state index in [0.29, 0.717) is 29.5 Å². The molecular formula is C19H23N3O3S. The molecule has 3 saturated heterocycles. The van der Waals surface area contributed by atoms with Crippen LogP contribution in [0.2, 0.25) is 0 Å². The van der Waals surface area contributed by atoms with Crippen LogP contribution in [-0.4, -0.2) is 49.3 Å². The van der Waals surface area contributed by atoms with E-state index in [-0.39, 0.29) is 0 Å². The zero-order chi connectivity index (χ0) is 17.9. The molecule has 2 bridgehead atoms. The monoisotopic (exact) mass is 373 g/mol. The molecule has 1 unspecified atom stereocenters. The molecule has 0 saturated carbocycles. The minimum atomic E-state index is -0.452. The largest absolute Gasteiger partial charge is 0.473 e. The number of anilines is 1. The van der Waals surface area contributed by atoms with E-state index < -0.39 is 6.09 Å². The summed E-state index contributed by atoms with van der Waals surface area (Å²) in [5, 5.41) is 3.30. The van der Waals surface area contributed by atoms with Crippen molar-refractivity contribution in [3.8, 4) is 15.6 Å². The molecule has 4 heterocycles. The van der Waals surface area contributed by atoms with Gasteiger partial charge in [-0.25, -0.2) is 4.79 Å². The van der Waals surface area contributed by atoms with E-state index in [9.17, 15) is 4.79 Å². The fourth-order valence-electron chi connectivity index (χ4n) is 3.85. The SMILES string of the molecule is COc1nc(NC(=O)OCC2CN3CCC2CC3)c(-c2ccccc2)s1. The first-order valence-corrected chi connectivity index (χ1v) is 9.81. The van der Waals surface area contributed by atoms with Crippen LogP contribution in [0.4, 0.5) is 10.6 Å². The number of hydrogen-bond acceptors (Lipinski definition) is 6. The molecule has 0 radical (unpaired) electrons. The van der Waals surface area contributed by atoms with Crippen molar-refractivity contribution in [3.63, 3.8) is 0 Å². The van der Waals surface area contributed by atoms with Gasteiger partial charge in [0.25, 0.3) is 5.19 Å². The van der Waals surface area contributed by atoms with E-state index in [1.54, 1.807) is 7.11 Å². The standard InChI is InChI=1S/C19H23N3O3S/c1-24-19-21-17(16(26-19)14-5-3-2-4-6-14)20-18(23)25-12-15-11-22-9-7-13(15)8-10-22/h2-6,13,15H,7-12H2,1H3,(H,20,23). The van der Waals surface area contributed by atoms with Crippen LogP contribution in [0.15, 0.2) is 30.3 Å². The fourth-order valence-corrected chi connectivity index (χ4v) is 4.69. The van der Waals surface area contributed by atoms with E-state index >= 15 is 0 Å². The van der Waals surface area contributed by atoms with Crippen molar-refractivity contribution < 1.29 is 14.3 Å². The third-order valence-electron chi connectivity index (χ3n) is 5.26. The number of nitrogens with one attached hydrogen (secondary N) is 1. The second kappa shape index (κ2) is 7.63. The fraction of sp³-hybridized carbons (Fsp3) is 0.474. The number of thiazole rings is 1. The maximum Gasteiger partial charge on any atom is 0.412 e. The molecule has 1 aromatic heterocycles. The lowest BCUT2D eigenvalue weighted by Gasteiger charge is -2.44. The average Bonchev–Trinajstić information content (AvgIpc) is 3.11. The van der Waals surface area contributed by atoms with Gasteiger partial charge in [0, 0.05) is 12.5 Å². The van der Waals surface area contributed by atoms with E-state index in [1.807, 2.05) is 30.3 Å². The van der Waals surface area contributed by atoms with Crippen molar-refractivity contribution in [2.45, 2.75) is 12.8 Å². The summed E-state index contributed by atoms with van der Waals surface area (Å²) < 4.78 is 10.8. The van der Waals surface area contributed by atoms with E-state index in [2.05, 4.69) is 15.2 Å². The molecule has 3 aliphatic heterocycles. The summed E-state index contributed by atoms with van der Waals surface area (Å²) in [6.45, 7) is 3.88. The van der Waals surface area contributed by atoms with Crippen LogP contribution in [0, 0.1) is 11.8 Å². The number of nitrogens with zero attached hydrogens (tertiary/aromatic N) is 2. The zero-order valence-electron chi connectivity index (χ0n) is 14.8. The molecule has 1 amide bonds. The summed E-state index contributed by atoms with van der Waals surface area (Å²) in [6, 6.07) is 9.83. The number of methoxy groups -OCH3 is 1. The van der Waals surface area contributed by atoms with Crippen LogP contribution in [0.25, 0.3) is 10.4 Å². The van der Waals surface area contributed by atoms with E-state index in [0.717, 1.165) is 17.0 Å². The second-order valence-electron chi connectivity index (χ2n) is 6.85. The van der Waals surface area contributed by atoms with Crippen LogP contribution < -0.4 is 10.1 Å². The first-order chi connectivity index (χ1) is 12.7. The van der Waals surface area contributed by atoms with Gasteiger partial charge in [0.05, 0.1) is 18.6 Å². The van der Waals surface area contributed by atoms with Gasteiger partial charge in [-0.15, -0.1) is 0 Å². The Hall–Kier alpha value is -2.12. The Labute approximate surface area is 157 Å². The van der Waals surface area contributed by atoms with E-state index in [1.165, 1.54) is 37.3 Å². The average molecular weight is 373 g/mol. The Morgan fingerprint density at radius 2 is 2.08 bits per heavy atom. The molecular weight excluding hydrogens is 350 g/mol. The number of piperidine rings is 3. The number of aromatic nitrogens is 1. The smallest absolute Gasteiger partial charge is 0.412 e. The van der Waals surface area contributed by atoms with Crippen molar-refractivity contribution in [1.29, 1.82) is 0 Å². The molecule has 3 fully saturated rings. The predicted octanol–water partition coefficient (Wildman–Crippen LogP) is 3.71. The van der Waals surface area contributed by atoms with Crippen LogP contribution >= 0.6 is 11.3 Å². The Kier molecular flexibility index (Phi) is 5.08. The number of hydrogen-bond donors (Lipinski definition) is 1. The lowest BCUT2D eigenvalue weighted by atomic mass is 9.79. The van der Waals surface area contributed by atoms with Gasteiger partial charge < -0.3 is 14.4 Å². The Morgan fingerprint density at radius 3 is 2.73 bits per heavy atom. The van der Waals surface area contributed by atoms with Crippen molar-refractivity contribution in [2.75, 3.05) is 38.7 Å². The third kappa shape index (κ3) is 3.68.